The van der Waals surface area contributed by atoms with Crippen LogP contribution in [0.4, 0.5) is 5.69 Å². The number of anilines is 1. The van der Waals surface area contributed by atoms with Gasteiger partial charge in [-0.15, -0.1) is 5.10 Å². The van der Waals surface area contributed by atoms with E-state index in [1.54, 1.807) is 4.68 Å². The minimum atomic E-state index is 0.240. The summed E-state index contributed by atoms with van der Waals surface area (Å²) in [5, 5.41) is 20.1. The van der Waals surface area contributed by atoms with Gasteiger partial charge < -0.3 is 10.2 Å². The molecule has 0 saturated carbocycles. The molecule has 3 rings (SSSR count). The van der Waals surface area contributed by atoms with Gasteiger partial charge in [-0.1, -0.05) is 5.21 Å². The second-order valence-corrected chi connectivity index (χ2v) is 4.32. The van der Waals surface area contributed by atoms with Crippen LogP contribution in [0, 0.1) is 11.3 Å². The monoisotopic (exact) mass is 242 g/mol. The normalized spacial score (nSPS) is 15.8. The maximum Gasteiger partial charge on any atom is 0.130 e. The van der Waals surface area contributed by atoms with Gasteiger partial charge in [-0.3, -0.25) is 0 Å². The summed E-state index contributed by atoms with van der Waals surface area (Å²) in [6.07, 6.45) is 0. The van der Waals surface area contributed by atoms with Gasteiger partial charge in [0.2, 0.25) is 0 Å². The highest BCUT2D eigenvalue weighted by Crippen LogP contribution is 2.20. The fourth-order valence-corrected chi connectivity index (χ4v) is 2.26. The lowest BCUT2D eigenvalue weighted by atomic mass is 10.2. The summed E-state index contributed by atoms with van der Waals surface area (Å²) in [5.74, 6) is 0. The molecule has 1 saturated heterocycles. The van der Waals surface area contributed by atoms with Gasteiger partial charge >= 0.3 is 0 Å². The first-order chi connectivity index (χ1) is 8.88. The maximum absolute atomic E-state index is 8.70. The van der Waals surface area contributed by atoms with Gasteiger partial charge in [0.1, 0.15) is 12.1 Å². The van der Waals surface area contributed by atoms with E-state index in [4.69, 9.17) is 5.26 Å². The van der Waals surface area contributed by atoms with E-state index < -0.39 is 0 Å². The summed E-state index contributed by atoms with van der Waals surface area (Å²) < 4.78 is 1.62. The van der Waals surface area contributed by atoms with Crippen LogP contribution in [0.25, 0.3) is 11.0 Å². The van der Waals surface area contributed by atoms with Crippen molar-refractivity contribution in [3.8, 4) is 6.07 Å². The number of hydrogen-bond acceptors (Lipinski definition) is 5. The Bertz CT molecular complexity index is 590. The molecule has 1 aliphatic heterocycles. The predicted molar refractivity (Wildman–Crippen MR) is 68.2 cm³/mol. The third kappa shape index (κ3) is 1.89. The van der Waals surface area contributed by atoms with Crippen molar-refractivity contribution in [1.82, 2.24) is 20.3 Å². The zero-order chi connectivity index (χ0) is 12.4. The summed E-state index contributed by atoms with van der Waals surface area (Å²) >= 11 is 0. The minimum absolute atomic E-state index is 0.240. The number of piperazine rings is 1. The first-order valence-corrected chi connectivity index (χ1v) is 6.04. The lowest BCUT2D eigenvalue weighted by molar-refractivity contribution is 0.589. The number of nitrogens with one attached hydrogen (secondary N) is 1. The maximum atomic E-state index is 8.70. The average Bonchev–Trinajstić information content (AvgIpc) is 2.83. The van der Waals surface area contributed by atoms with Crippen LogP contribution >= 0.6 is 0 Å². The molecular formula is C12H14N6. The van der Waals surface area contributed by atoms with E-state index in [2.05, 4.69) is 32.7 Å². The summed E-state index contributed by atoms with van der Waals surface area (Å²) in [6.45, 7) is 4.29. The van der Waals surface area contributed by atoms with E-state index in [0.717, 1.165) is 37.2 Å². The molecule has 0 aliphatic carbocycles. The van der Waals surface area contributed by atoms with Crippen molar-refractivity contribution in [2.24, 2.45) is 0 Å². The molecular weight excluding hydrogens is 228 g/mol. The Hall–Kier alpha value is -2.13. The highest BCUT2D eigenvalue weighted by Gasteiger charge is 2.12. The largest absolute Gasteiger partial charge is 0.369 e. The molecule has 1 aromatic heterocycles. The summed E-state index contributed by atoms with van der Waals surface area (Å²) in [5.41, 5.74) is 2.93. The number of fused-ring (bicyclic) bond motifs is 1. The van der Waals surface area contributed by atoms with E-state index >= 15 is 0 Å². The van der Waals surface area contributed by atoms with Crippen LogP contribution in [0.3, 0.4) is 0 Å². The molecule has 0 radical (unpaired) electrons. The van der Waals surface area contributed by atoms with Gasteiger partial charge in [0, 0.05) is 31.9 Å². The minimum Gasteiger partial charge on any atom is -0.369 e. The van der Waals surface area contributed by atoms with Crippen molar-refractivity contribution in [1.29, 1.82) is 5.26 Å². The van der Waals surface area contributed by atoms with Gasteiger partial charge in [0.15, 0.2) is 0 Å². The van der Waals surface area contributed by atoms with Crippen LogP contribution in [0.2, 0.25) is 0 Å². The molecule has 1 aromatic carbocycles. The topological polar surface area (TPSA) is 69.8 Å². The molecule has 0 unspecified atom stereocenters. The quantitative estimate of drug-likeness (QED) is 0.823. The number of hydrogen-bond donors (Lipinski definition) is 1. The first-order valence-electron chi connectivity index (χ1n) is 6.04. The molecule has 0 spiro atoms. The highest BCUT2D eigenvalue weighted by atomic mass is 15.4. The van der Waals surface area contributed by atoms with Crippen molar-refractivity contribution in [3.63, 3.8) is 0 Å². The average molecular weight is 242 g/mol. The number of benzene rings is 1. The van der Waals surface area contributed by atoms with E-state index in [1.165, 1.54) is 5.69 Å². The molecule has 1 fully saturated rings. The molecule has 0 amide bonds. The van der Waals surface area contributed by atoms with Crippen LogP contribution in [-0.4, -0.2) is 41.2 Å². The van der Waals surface area contributed by atoms with Crippen LogP contribution in [0.5, 0.6) is 0 Å². The Balaban J connectivity index is 1.94. The Morgan fingerprint density at radius 2 is 2.17 bits per heavy atom. The molecule has 0 atom stereocenters. The van der Waals surface area contributed by atoms with Crippen LogP contribution in [-0.2, 0) is 6.54 Å². The lowest BCUT2D eigenvalue weighted by Crippen LogP contribution is -2.43. The molecule has 92 valence electrons. The third-order valence-electron chi connectivity index (χ3n) is 3.20. The Labute approximate surface area is 105 Å². The fourth-order valence-electron chi connectivity index (χ4n) is 2.26. The third-order valence-corrected chi connectivity index (χ3v) is 3.20. The van der Waals surface area contributed by atoms with E-state index in [9.17, 15) is 0 Å². The van der Waals surface area contributed by atoms with E-state index in [1.807, 2.05) is 12.1 Å². The number of nitriles is 1. The predicted octanol–water partition coefficient (Wildman–Crippen LogP) is 0.364. The van der Waals surface area contributed by atoms with Crippen molar-refractivity contribution in [2.75, 3.05) is 31.1 Å². The van der Waals surface area contributed by atoms with Gasteiger partial charge in [0.25, 0.3) is 0 Å². The Morgan fingerprint density at radius 1 is 1.33 bits per heavy atom. The van der Waals surface area contributed by atoms with Crippen molar-refractivity contribution in [3.05, 3.63) is 18.2 Å². The lowest BCUT2D eigenvalue weighted by Gasteiger charge is -2.29. The molecule has 1 N–H and O–H groups in total. The summed E-state index contributed by atoms with van der Waals surface area (Å²) in [4.78, 5) is 2.33. The van der Waals surface area contributed by atoms with Crippen LogP contribution < -0.4 is 10.2 Å². The first kappa shape index (κ1) is 11.0. The fraction of sp³-hybridized carbons (Fsp3) is 0.417. The SMILES string of the molecule is N#CCn1nnc2cc(N3CCNCC3)ccc21. The van der Waals surface area contributed by atoms with E-state index in [0.29, 0.717) is 0 Å². The van der Waals surface area contributed by atoms with Crippen LogP contribution in [0.1, 0.15) is 0 Å². The van der Waals surface area contributed by atoms with Gasteiger partial charge in [-0.25, -0.2) is 4.68 Å². The highest BCUT2D eigenvalue weighted by molar-refractivity contribution is 5.79. The molecule has 2 heterocycles. The van der Waals surface area contributed by atoms with Crippen molar-refractivity contribution in [2.45, 2.75) is 6.54 Å². The van der Waals surface area contributed by atoms with Crippen LogP contribution in [0.15, 0.2) is 18.2 Å². The number of rotatable bonds is 2. The van der Waals surface area contributed by atoms with E-state index in [-0.39, 0.29) is 6.54 Å². The molecule has 6 heteroatoms. The summed E-state index contributed by atoms with van der Waals surface area (Å²) in [6, 6.07) is 8.19. The molecule has 0 bridgehead atoms. The van der Waals surface area contributed by atoms with Gasteiger partial charge in [-0.2, -0.15) is 5.26 Å². The zero-order valence-electron chi connectivity index (χ0n) is 10.0. The Morgan fingerprint density at radius 3 is 2.94 bits per heavy atom. The Kier molecular flexibility index (Phi) is 2.82. The smallest absolute Gasteiger partial charge is 0.130 e. The number of nitrogens with zero attached hydrogens (tertiary/aromatic N) is 5. The standard InChI is InChI=1S/C12H14N6/c13-3-6-18-12-2-1-10(9-11(12)15-16-18)17-7-4-14-5-8-17/h1-2,9,14H,4-8H2. The number of aromatic nitrogens is 3. The van der Waals surface area contributed by atoms with Gasteiger partial charge in [0.05, 0.1) is 11.6 Å². The van der Waals surface area contributed by atoms with Crippen molar-refractivity contribution < 1.29 is 0 Å². The molecule has 6 nitrogen and oxygen atoms in total. The molecule has 18 heavy (non-hydrogen) atoms. The molecule has 2 aromatic rings. The second-order valence-electron chi connectivity index (χ2n) is 4.32. The summed E-state index contributed by atoms with van der Waals surface area (Å²) in [7, 11) is 0. The zero-order valence-corrected chi connectivity index (χ0v) is 10.0. The van der Waals surface area contributed by atoms with Crippen molar-refractivity contribution >= 4 is 16.7 Å². The second kappa shape index (κ2) is 4.63. The van der Waals surface area contributed by atoms with Gasteiger partial charge in [-0.05, 0) is 18.2 Å². The molecule has 1 aliphatic rings.